The lowest BCUT2D eigenvalue weighted by atomic mass is 9.98. The molecule has 0 aliphatic carbocycles. The van der Waals surface area contributed by atoms with Crippen molar-refractivity contribution in [3.05, 3.63) is 35.9 Å². The minimum absolute atomic E-state index is 0.0909. The van der Waals surface area contributed by atoms with Gasteiger partial charge in [0.05, 0.1) is 18.6 Å². The first kappa shape index (κ1) is 15.6. The first-order valence-electron chi connectivity index (χ1n) is 6.27. The molecule has 5 heteroatoms. The number of amides is 1. The number of hydrogen-bond acceptors (Lipinski definition) is 4. The van der Waals surface area contributed by atoms with Gasteiger partial charge in [0.25, 0.3) is 0 Å². The van der Waals surface area contributed by atoms with Crippen LogP contribution in [-0.2, 0) is 14.3 Å². The summed E-state index contributed by atoms with van der Waals surface area (Å²) in [6, 6.07) is 9.51. The summed E-state index contributed by atoms with van der Waals surface area (Å²) in [5.74, 6) is -0.423. The largest absolute Gasteiger partial charge is 0.382 e. The quantitative estimate of drug-likeness (QED) is 0.719. The number of carbonyl (C=O) groups excluding carboxylic acids is 1. The van der Waals surface area contributed by atoms with Crippen LogP contribution in [0.4, 0.5) is 0 Å². The van der Waals surface area contributed by atoms with Crippen LogP contribution in [0, 0.1) is 0 Å². The Morgan fingerprint density at radius 1 is 1.32 bits per heavy atom. The molecule has 3 N–H and O–H groups in total. The van der Waals surface area contributed by atoms with E-state index in [1.165, 1.54) is 0 Å². The first-order chi connectivity index (χ1) is 9.22. The summed E-state index contributed by atoms with van der Waals surface area (Å²) < 4.78 is 10.2. The predicted molar refractivity (Wildman–Crippen MR) is 73.9 cm³/mol. The molecule has 0 bridgehead atoms. The number of rotatable bonds is 8. The summed E-state index contributed by atoms with van der Waals surface area (Å²) in [6.07, 6.45) is -0.150. The Kier molecular flexibility index (Phi) is 7.10. The van der Waals surface area contributed by atoms with Crippen LogP contribution in [0.5, 0.6) is 0 Å². The normalized spacial score (nSPS) is 13.8. The minimum atomic E-state index is -0.332. The smallest absolute Gasteiger partial charge is 0.228 e. The molecule has 2 unspecified atom stereocenters. The fraction of sp³-hybridized carbons (Fsp3) is 0.500. The van der Waals surface area contributed by atoms with E-state index in [9.17, 15) is 4.79 Å². The van der Waals surface area contributed by atoms with E-state index < -0.39 is 0 Å². The molecule has 5 nitrogen and oxygen atoms in total. The van der Waals surface area contributed by atoms with Gasteiger partial charge in [-0.3, -0.25) is 4.79 Å². The molecule has 0 spiro atoms. The van der Waals surface area contributed by atoms with Gasteiger partial charge in [-0.2, -0.15) is 0 Å². The molecular formula is C14H22N2O3. The zero-order valence-electron chi connectivity index (χ0n) is 11.5. The molecular weight excluding hydrogens is 244 g/mol. The first-order valence-corrected chi connectivity index (χ1v) is 6.27. The summed E-state index contributed by atoms with van der Waals surface area (Å²) in [7, 11) is 3.19. The molecule has 1 aromatic carbocycles. The molecule has 19 heavy (non-hydrogen) atoms. The molecule has 106 valence electrons. The highest BCUT2D eigenvalue weighted by molar-refractivity contribution is 5.83. The van der Waals surface area contributed by atoms with Crippen molar-refractivity contribution in [3.63, 3.8) is 0 Å². The van der Waals surface area contributed by atoms with Gasteiger partial charge in [0.2, 0.25) is 5.91 Å². The van der Waals surface area contributed by atoms with Crippen molar-refractivity contribution < 1.29 is 14.3 Å². The van der Waals surface area contributed by atoms with E-state index in [0.717, 1.165) is 5.56 Å². The SMILES string of the molecule is COCC(CNC(=O)C(CN)c1ccccc1)OC. The topological polar surface area (TPSA) is 73.6 Å². The van der Waals surface area contributed by atoms with E-state index in [-0.39, 0.29) is 24.5 Å². The fourth-order valence-electron chi connectivity index (χ4n) is 1.81. The van der Waals surface area contributed by atoms with Crippen molar-refractivity contribution in [2.24, 2.45) is 5.73 Å². The number of ether oxygens (including phenoxy) is 2. The van der Waals surface area contributed by atoms with E-state index in [2.05, 4.69) is 5.32 Å². The van der Waals surface area contributed by atoms with E-state index in [1.807, 2.05) is 30.3 Å². The van der Waals surface area contributed by atoms with Crippen molar-refractivity contribution in [2.45, 2.75) is 12.0 Å². The van der Waals surface area contributed by atoms with Crippen LogP contribution in [0.1, 0.15) is 11.5 Å². The van der Waals surface area contributed by atoms with Crippen LogP contribution < -0.4 is 11.1 Å². The molecule has 0 aromatic heterocycles. The summed E-state index contributed by atoms with van der Waals surface area (Å²) >= 11 is 0. The Labute approximate surface area is 114 Å². The molecule has 1 amide bonds. The van der Waals surface area contributed by atoms with Gasteiger partial charge in [-0.25, -0.2) is 0 Å². The third-order valence-electron chi connectivity index (χ3n) is 2.94. The average Bonchev–Trinajstić information content (AvgIpc) is 2.45. The zero-order chi connectivity index (χ0) is 14.1. The fourth-order valence-corrected chi connectivity index (χ4v) is 1.81. The third-order valence-corrected chi connectivity index (χ3v) is 2.94. The number of carbonyl (C=O) groups is 1. The predicted octanol–water partition coefficient (Wildman–Crippen LogP) is 0.507. The van der Waals surface area contributed by atoms with Gasteiger partial charge >= 0.3 is 0 Å². The lowest BCUT2D eigenvalue weighted by molar-refractivity contribution is -0.123. The summed E-state index contributed by atoms with van der Waals surface area (Å²) in [5, 5.41) is 2.84. The molecule has 0 heterocycles. The summed E-state index contributed by atoms with van der Waals surface area (Å²) in [5.41, 5.74) is 6.61. The number of hydrogen-bond donors (Lipinski definition) is 2. The second kappa shape index (κ2) is 8.63. The van der Waals surface area contributed by atoms with Crippen LogP contribution in [0.3, 0.4) is 0 Å². The second-order valence-electron chi connectivity index (χ2n) is 4.26. The maximum atomic E-state index is 12.1. The van der Waals surface area contributed by atoms with E-state index in [4.69, 9.17) is 15.2 Å². The number of benzene rings is 1. The van der Waals surface area contributed by atoms with Gasteiger partial charge in [0, 0.05) is 27.3 Å². The van der Waals surface area contributed by atoms with Crippen molar-refractivity contribution >= 4 is 5.91 Å². The Morgan fingerprint density at radius 2 is 2.00 bits per heavy atom. The second-order valence-corrected chi connectivity index (χ2v) is 4.26. The molecule has 0 fully saturated rings. The zero-order valence-corrected chi connectivity index (χ0v) is 11.5. The van der Waals surface area contributed by atoms with Gasteiger partial charge in [0.15, 0.2) is 0 Å². The summed E-state index contributed by atoms with van der Waals surface area (Å²) in [6.45, 7) is 1.12. The molecule has 1 aromatic rings. The minimum Gasteiger partial charge on any atom is -0.382 e. The molecule has 0 radical (unpaired) electrons. The van der Waals surface area contributed by atoms with E-state index in [0.29, 0.717) is 13.2 Å². The maximum Gasteiger partial charge on any atom is 0.228 e. The van der Waals surface area contributed by atoms with Crippen molar-refractivity contribution in [1.82, 2.24) is 5.32 Å². The van der Waals surface area contributed by atoms with Gasteiger partial charge < -0.3 is 20.5 Å². The van der Waals surface area contributed by atoms with Crippen molar-refractivity contribution in [1.29, 1.82) is 0 Å². The lowest BCUT2D eigenvalue weighted by Crippen LogP contribution is -2.39. The molecule has 1 rings (SSSR count). The number of nitrogens with two attached hydrogens (primary N) is 1. The summed E-state index contributed by atoms with van der Waals surface area (Å²) in [4.78, 5) is 12.1. The van der Waals surface area contributed by atoms with Gasteiger partial charge in [-0.1, -0.05) is 30.3 Å². The van der Waals surface area contributed by atoms with Gasteiger partial charge in [0.1, 0.15) is 0 Å². The molecule has 0 saturated carbocycles. The monoisotopic (exact) mass is 266 g/mol. The molecule has 0 saturated heterocycles. The molecule has 0 aliphatic rings. The Hall–Kier alpha value is -1.43. The van der Waals surface area contributed by atoms with Crippen molar-refractivity contribution in [3.8, 4) is 0 Å². The molecule has 2 atom stereocenters. The van der Waals surface area contributed by atoms with Crippen LogP contribution in [0.15, 0.2) is 30.3 Å². The van der Waals surface area contributed by atoms with Crippen LogP contribution >= 0.6 is 0 Å². The highest BCUT2D eigenvalue weighted by Gasteiger charge is 2.19. The maximum absolute atomic E-state index is 12.1. The average molecular weight is 266 g/mol. The van der Waals surface area contributed by atoms with Gasteiger partial charge in [-0.05, 0) is 5.56 Å². The Morgan fingerprint density at radius 3 is 2.53 bits per heavy atom. The van der Waals surface area contributed by atoms with Crippen LogP contribution in [0.25, 0.3) is 0 Å². The highest BCUT2D eigenvalue weighted by atomic mass is 16.5. The van der Waals surface area contributed by atoms with Crippen LogP contribution in [0.2, 0.25) is 0 Å². The lowest BCUT2D eigenvalue weighted by Gasteiger charge is -2.19. The third kappa shape index (κ3) is 4.98. The van der Waals surface area contributed by atoms with E-state index in [1.54, 1.807) is 14.2 Å². The number of methoxy groups -OCH3 is 2. The Bertz CT molecular complexity index is 370. The number of nitrogens with one attached hydrogen (secondary N) is 1. The highest BCUT2D eigenvalue weighted by Crippen LogP contribution is 2.14. The molecule has 0 aliphatic heterocycles. The Balaban J connectivity index is 2.55. The van der Waals surface area contributed by atoms with Crippen molar-refractivity contribution in [2.75, 3.05) is 33.9 Å². The van der Waals surface area contributed by atoms with E-state index >= 15 is 0 Å². The standard InChI is InChI=1S/C14H22N2O3/c1-18-10-12(19-2)9-16-14(17)13(8-15)11-6-4-3-5-7-11/h3-7,12-13H,8-10,15H2,1-2H3,(H,16,17). The van der Waals surface area contributed by atoms with Crippen LogP contribution in [-0.4, -0.2) is 45.9 Å². The van der Waals surface area contributed by atoms with Gasteiger partial charge in [-0.15, -0.1) is 0 Å².